The molecule has 0 aliphatic rings. The van der Waals surface area contributed by atoms with E-state index in [-0.39, 0.29) is 12.3 Å². The van der Waals surface area contributed by atoms with Crippen LogP contribution in [0.4, 0.5) is 8.78 Å². The number of benzene rings is 1. The third-order valence-electron chi connectivity index (χ3n) is 3.39. The summed E-state index contributed by atoms with van der Waals surface area (Å²) in [4.78, 5) is 4.48. The second-order valence-corrected chi connectivity index (χ2v) is 6.36. The Labute approximate surface area is 158 Å². The molecule has 0 saturated carbocycles. The van der Waals surface area contributed by atoms with Crippen molar-refractivity contribution in [3.63, 3.8) is 0 Å². The number of nitrogens with one attached hydrogen (secondary N) is 2. The molecule has 8 heteroatoms. The number of hydrogen-bond acceptors (Lipinski definition) is 4. The number of unbranched alkanes of at least 4 members (excludes halogenated alkanes) is 1. The molecule has 2 N–H and O–H groups in total. The van der Waals surface area contributed by atoms with Crippen molar-refractivity contribution in [3.05, 3.63) is 23.8 Å². The molecule has 0 bridgehead atoms. The molecule has 26 heavy (non-hydrogen) atoms. The molecule has 0 atom stereocenters. The van der Waals surface area contributed by atoms with Crippen LogP contribution in [0.25, 0.3) is 0 Å². The quantitative estimate of drug-likeness (QED) is 0.323. The van der Waals surface area contributed by atoms with Crippen LogP contribution < -0.4 is 20.1 Å². The van der Waals surface area contributed by atoms with Crippen LogP contribution >= 0.6 is 11.8 Å². The standard InChI is InChI=1S/C18H29F2N3O2S/c1-4-21-18(22-11-6-7-12-26-3)23-13-14-9-8-10-15(24-5-2)16(14)25-17(19)20/h8-10,17H,4-7,11-13H2,1-3H3,(H2,21,22,23). The molecule has 0 saturated heterocycles. The van der Waals surface area contributed by atoms with Gasteiger partial charge < -0.3 is 20.1 Å². The monoisotopic (exact) mass is 389 g/mol. The Morgan fingerprint density at radius 1 is 1.23 bits per heavy atom. The number of hydrogen-bond donors (Lipinski definition) is 2. The molecule has 0 radical (unpaired) electrons. The maximum absolute atomic E-state index is 12.8. The molecule has 0 aliphatic carbocycles. The molecule has 148 valence electrons. The molecule has 0 aliphatic heterocycles. The first-order valence-corrected chi connectivity index (χ1v) is 10.2. The van der Waals surface area contributed by atoms with Gasteiger partial charge in [0.1, 0.15) is 0 Å². The number of alkyl halides is 2. The third kappa shape index (κ3) is 8.60. The summed E-state index contributed by atoms with van der Waals surface area (Å²) in [5.41, 5.74) is 0.552. The molecule has 0 aromatic heterocycles. The second kappa shape index (κ2) is 13.5. The Bertz CT molecular complexity index is 545. The van der Waals surface area contributed by atoms with Gasteiger partial charge in [-0.3, -0.25) is 0 Å². The molecule has 5 nitrogen and oxygen atoms in total. The molecule has 0 unspecified atom stereocenters. The van der Waals surface area contributed by atoms with Gasteiger partial charge in [0.15, 0.2) is 17.5 Å². The van der Waals surface area contributed by atoms with Gasteiger partial charge in [0, 0.05) is 18.7 Å². The Morgan fingerprint density at radius 2 is 2.04 bits per heavy atom. The van der Waals surface area contributed by atoms with Gasteiger partial charge in [0.2, 0.25) is 0 Å². The average molecular weight is 390 g/mol. The van der Waals surface area contributed by atoms with E-state index in [2.05, 4.69) is 26.6 Å². The van der Waals surface area contributed by atoms with E-state index in [0.717, 1.165) is 31.7 Å². The molecular formula is C18H29F2N3O2S. The minimum Gasteiger partial charge on any atom is -0.490 e. The molecular weight excluding hydrogens is 360 g/mol. The summed E-state index contributed by atoms with van der Waals surface area (Å²) < 4.78 is 35.6. The van der Waals surface area contributed by atoms with Gasteiger partial charge in [-0.25, -0.2) is 4.99 Å². The molecule has 1 rings (SSSR count). The second-order valence-electron chi connectivity index (χ2n) is 5.38. The maximum Gasteiger partial charge on any atom is 0.387 e. The first kappa shape index (κ1) is 22.3. The summed E-state index contributed by atoms with van der Waals surface area (Å²) in [5, 5.41) is 6.42. The Kier molecular flexibility index (Phi) is 11.6. The number of rotatable bonds is 12. The van der Waals surface area contributed by atoms with Crippen molar-refractivity contribution < 1.29 is 18.3 Å². The lowest BCUT2D eigenvalue weighted by molar-refractivity contribution is -0.0520. The van der Waals surface area contributed by atoms with E-state index in [4.69, 9.17) is 4.74 Å². The zero-order valence-electron chi connectivity index (χ0n) is 15.7. The van der Waals surface area contributed by atoms with E-state index >= 15 is 0 Å². The van der Waals surface area contributed by atoms with Crippen molar-refractivity contribution in [2.45, 2.75) is 39.8 Å². The summed E-state index contributed by atoms with van der Waals surface area (Å²) in [6.45, 7) is 2.96. The van der Waals surface area contributed by atoms with Gasteiger partial charge in [-0.05, 0) is 44.8 Å². The molecule has 0 fully saturated rings. The topological polar surface area (TPSA) is 54.9 Å². The van der Waals surface area contributed by atoms with E-state index in [9.17, 15) is 8.78 Å². The SMILES string of the molecule is CCNC(=NCc1cccc(OCC)c1OC(F)F)NCCCCSC. The van der Waals surface area contributed by atoms with Crippen molar-refractivity contribution in [3.8, 4) is 11.5 Å². The lowest BCUT2D eigenvalue weighted by atomic mass is 10.2. The van der Waals surface area contributed by atoms with E-state index in [1.54, 1.807) is 25.1 Å². The Morgan fingerprint density at radius 3 is 2.69 bits per heavy atom. The predicted octanol–water partition coefficient (Wildman–Crippen LogP) is 3.89. The molecule has 0 spiro atoms. The van der Waals surface area contributed by atoms with E-state index in [1.165, 1.54) is 0 Å². The molecule has 1 aromatic carbocycles. The third-order valence-corrected chi connectivity index (χ3v) is 4.08. The molecule has 0 heterocycles. The van der Waals surface area contributed by atoms with Crippen LogP contribution in [-0.4, -0.2) is 44.3 Å². The van der Waals surface area contributed by atoms with Gasteiger partial charge in [-0.15, -0.1) is 0 Å². The smallest absolute Gasteiger partial charge is 0.387 e. The molecule has 0 amide bonds. The Balaban J connectivity index is 2.81. The van der Waals surface area contributed by atoms with Crippen LogP contribution in [0.2, 0.25) is 0 Å². The molecule has 1 aromatic rings. The van der Waals surface area contributed by atoms with Crippen molar-refractivity contribution in [2.75, 3.05) is 31.7 Å². The lowest BCUT2D eigenvalue weighted by Crippen LogP contribution is -2.37. The highest BCUT2D eigenvalue weighted by molar-refractivity contribution is 7.98. The van der Waals surface area contributed by atoms with Crippen LogP contribution in [-0.2, 0) is 6.54 Å². The van der Waals surface area contributed by atoms with Crippen molar-refractivity contribution in [1.82, 2.24) is 10.6 Å². The van der Waals surface area contributed by atoms with Crippen molar-refractivity contribution in [2.24, 2.45) is 4.99 Å². The summed E-state index contributed by atoms with van der Waals surface area (Å²) in [5.74, 6) is 2.13. The lowest BCUT2D eigenvalue weighted by Gasteiger charge is -2.15. The summed E-state index contributed by atoms with van der Waals surface area (Å²) in [6.07, 6.45) is 4.27. The van der Waals surface area contributed by atoms with Crippen LogP contribution in [0.3, 0.4) is 0 Å². The van der Waals surface area contributed by atoms with Crippen LogP contribution in [0.15, 0.2) is 23.2 Å². The number of nitrogens with zero attached hydrogens (tertiary/aromatic N) is 1. The van der Waals surface area contributed by atoms with E-state index in [1.807, 2.05) is 18.7 Å². The number of para-hydroxylation sites is 1. The van der Waals surface area contributed by atoms with E-state index < -0.39 is 6.61 Å². The minimum atomic E-state index is -2.91. The zero-order valence-corrected chi connectivity index (χ0v) is 16.5. The average Bonchev–Trinajstić information content (AvgIpc) is 2.61. The van der Waals surface area contributed by atoms with Gasteiger partial charge in [-0.2, -0.15) is 20.5 Å². The fourth-order valence-electron chi connectivity index (χ4n) is 2.26. The number of guanidine groups is 1. The summed E-state index contributed by atoms with van der Waals surface area (Å²) in [6, 6.07) is 5.08. The van der Waals surface area contributed by atoms with E-state index in [0.29, 0.717) is 23.9 Å². The van der Waals surface area contributed by atoms with Gasteiger partial charge in [0.25, 0.3) is 0 Å². The highest BCUT2D eigenvalue weighted by atomic mass is 32.2. The maximum atomic E-state index is 12.8. The largest absolute Gasteiger partial charge is 0.490 e. The fraction of sp³-hybridized carbons (Fsp3) is 0.611. The summed E-state index contributed by atoms with van der Waals surface area (Å²) in [7, 11) is 0. The number of ether oxygens (including phenoxy) is 2. The van der Waals surface area contributed by atoms with Crippen molar-refractivity contribution >= 4 is 17.7 Å². The summed E-state index contributed by atoms with van der Waals surface area (Å²) >= 11 is 1.83. The first-order chi connectivity index (χ1) is 12.6. The predicted molar refractivity (Wildman–Crippen MR) is 105 cm³/mol. The Hall–Kier alpha value is -1.70. The van der Waals surface area contributed by atoms with Crippen LogP contribution in [0.1, 0.15) is 32.3 Å². The van der Waals surface area contributed by atoms with Crippen LogP contribution in [0, 0.1) is 0 Å². The number of aliphatic imine (C=N–C) groups is 1. The number of halogens is 2. The fourth-order valence-corrected chi connectivity index (χ4v) is 2.75. The zero-order chi connectivity index (χ0) is 19.2. The highest BCUT2D eigenvalue weighted by Gasteiger charge is 2.15. The normalized spacial score (nSPS) is 11.5. The first-order valence-electron chi connectivity index (χ1n) is 8.82. The number of thioether (sulfide) groups is 1. The minimum absolute atomic E-state index is 0.0453. The van der Waals surface area contributed by atoms with Gasteiger partial charge in [-0.1, -0.05) is 12.1 Å². The van der Waals surface area contributed by atoms with Gasteiger partial charge in [0.05, 0.1) is 13.2 Å². The highest BCUT2D eigenvalue weighted by Crippen LogP contribution is 2.33. The van der Waals surface area contributed by atoms with Crippen LogP contribution in [0.5, 0.6) is 11.5 Å². The van der Waals surface area contributed by atoms with Crippen molar-refractivity contribution in [1.29, 1.82) is 0 Å². The van der Waals surface area contributed by atoms with Gasteiger partial charge >= 0.3 is 6.61 Å².